The van der Waals surface area contributed by atoms with E-state index in [0.717, 1.165) is 6.07 Å². The predicted molar refractivity (Wildman–Crippen MR) is 61.5 cm³/mol. The van der Waals surface area contributed by atoms with E-state index in [2.05, 4.69) is 14.9 Å². The Morgan fingerprint density at radius 3 is 2.59 bits per heavy atom. The van der Waals surface area contributed by atoms with Crippen molar-refractivity contribution in [2.75, 3.05) is 10.5 Å². The molecule has 9 heteroatoms. The molecule has 0 saturated carbocycles. The van der Waals surface area contributed by atoms with Gasteiger partial charge in [-0.05, 0) is 12.1 Å². The minimum Gasteiger partial charge on any atom is -0.374 e. The fraction of sp³-hybridized carbons (Fsp3) is 0. The Labute approximate surface area is 100 Å². The topological polar surface area (TPSA) is 98.0 Å². The van der Waals surface area contributed by atoms with Crippen LogP contribution in [0.1, 0.15) is 0 Å². The minimum absolute atomic E-state index is 0.0268. The number of rotatable bonds is 3. The van der Waals surface area contributed by atoms with Crippen molar-refractivity contribution >= 4 is 32.2 Å². The molecule has 0 aliphatic carbocycles. The zero-order chi connectivity index (χ0) is 12.5. The molecular weight excluding hydrogens is 267 g/mol. The molecule has 0 aliphatic heterocycles. The third kappa shape index (κ3) is 2.50. The molecular formula is C8H7FN4O2S2. The first kappa shape index (κ1) is 11.7. The van der Waals surface area contributed by atoms with E-state index in [-0.39, 0.29) is 15.2 Å². The van der Waals surface area contributed by atoms with Gasteiger partial charge in [0.1, 0.15) is 5.82 Å². The molecule has 2 aromatic rings. The van der Waals surface area contributed by atoms with Gasteiger partial charge in [0.15, 0.2) is 0 Å². The highest BCUT2D eigenvalue weighted by Gasteiger charge is 2.20. The monoisotopic (exact) mass is 274 g/mol. The first-order valence-corrected chi connectivity index (χ1v) is 6.65. The van der Waals surface area contributed by atoms with E-state index in [1.807, 2.05) is 0 Å². The molecule has 2 rings (SSSR count). The average Bonchev–Trinajstić information content (AvgIpc) is 2.69. The van der Waals surface area contributed by atoms with Gasteiger partial charge in [-0.25, -0.2) is 4.39 Å². The summed E-state index contributed by atoms with van der Waals surface area (Å²) in [7, 11) is -3.94. The van der Waals surface area contributed by atoms with Crippen molar-refractivity contribution in [2.45, 2.75) is 4.34 Å². The van der Waals surface area contributed by atoms with Gasteiger partial charge in [-0.3, -0.25) is 4.72 Å². The number of hydrogen-bond acceptors (Lipinski definition) is 6. The minimum atomic E-state index is -3.94. The summed E-state index contributed by atoms with van der Waals surface area (Å²) in [6, 6.07) is 5.41. The maximum Gasteiger partial charge on any atom is 0.291 e. The second-order valence-corrected chi connectivity index (χ2v) is 5.86. The van der Waals surface area contributed by atoms with Crippen LogP contribution in [0, 0.1) is 5.82 Å². The molecule has 0 amide bonds. The van der Waals surface area contributed by atoms with Crippen LogP contribution in [0.5, 0.6) is 0 Å². The fourth-order valence-corrected chi connectivity index (χ4v) is 2.91. The quantitative estimate of drug-likeness (QED) is 0.872. The lowest BCUT2D eigenvalue weighted by atomic mass is 10.3. The van der Waals surface area contributed by atoms with Crippen molar-refractivity contribution in [3.05, 3.63) is 30.1 Å². The van der Waals surface area contributed by atoms with E-state index < -0.39 is 15.8 Å². The van der Waals surface area contributed by atoms with Crippen LogP contribution in [-0.2, 0) is 10.0 Å². The molecule has 90 valence electrons. The smallest absolute Gasteiger partial charge is 0.291 e. The number of aromatic nitrogens is 2. The van der Waals surface area contributed by atoms with Crippen molar-refractivity contribution in [2.24, 2.45) is 0 Å². The van der Waals surface area contributed by atoms with Gasteiger partial charge < -0.3 is 5.73 Å². The summed E-state index contributed by atoms with van der Waals surface area (Å²) in [6.45, 7) is 0. The summed E-state index contributed by atoms with van der Waals surface area (Å²) in [6.07, 6.45) is 0. The molecule has 17 heavy (non-hydrogen) atoms. The largest absolute Gasteiger partial charge is 0.374 e. The molecule has 1 aromatic carbocycles. The van der Waals surface area contributed by atoms with Gasteiger partial charge in [0.25, 0.3) is 14.4 Å². The second-order valence-electron chi connectivity index (χ2n) is 2.99. The van der Waals surface area contributed by atoms with E-state index in [1.165, 1.54) is 18.2 Å². The van der Waals surface area contributed by atoms with E-state index in [0.29, 0.717) is 11.3 Å². The highest BCUT2D eigenvalue weighted by molar-refractivity contribution is 7.94. The van der Waals surface area contributed by atoms with Crippen molar-refractivity contribution in [3.8, 4) is 0 Å². The van der Waals surface area contributed by atoms with Crippen LogP contribution < -0.4 is 10.5 Å². The molecule has 6 nitrogen and oxygen atoms in total. The standard InChI is InChI=1S/C8H7FN4O2S2/c9-5-3-1-2-4-6(5)13-17(14,15)8-12-11-7(10)16-8/h1-4,13H,(H2,10,11). The van der Waals surface area contributed by atoms with Crippen LogP contribution in [-0.4, -0.2) is 18.6 Å². The zero-order valence-electron chi connectivity index (χ0n) is 8.29. The van der Waals surface area contributed by atoms with E-state index in [1.54, 1.807) is 0 Å². The van der Waals surface area contributed by atoms with Crippen LogP contribution in [0.4, 0.5) is 15.2 Å². The normalized spacial score (nSPS) is 11.4. The Balaban J connectivity index is 2.33. The molecule has 3 N–H and O–H groups in total. The first-order valence-electron chi connectivity index (χ1n) is 4.35. The van der Waals surface area contributed by atoms with Crippen LogP contribution in [0.15, 0.2) is 28.6 Å². The molecule has 0 spiro atoms. The molecule has 0 radical (unpaired) electrons. The Morgan fingerprint density at radius 2 is 2.00 bits per heavy atom. The van der Waals surface area contributed by atoms with Gasteiger partial charge in [0.05, 0.1) is 5.69 Å². The van der Waals surface area contributed by atoms with Crippen LogP contribution in [0.2, 0.25) is 0 Å². The maximum atomic E-state index is 13.3. The molecule has 0 bridgehead atoms. The third-order valence-electron chi connectivity index (χ3n) is 1.77. The van der Waals surface area contributed by atoms with E-state index in [9.17, 15) is 12.8 Å². The van der Waals surface area contributed by atoms with Gasteiger partial charge in [-0.1, -0.05) is 23.5 Å². The van der Waals surface area contributed by atoms with Crippen LogP contribution >= 0.6 is 11.3 Å². The zero-order valence-corrected chi connectivity index (χ0v) is 9.93. The lowest BCUT2D eigenvalue weighted by Crippen LogP contribution is -2.13. The van der Waals surface area contributed by atoms with Crippen molar-refractivity contribution in [1.82, 2.24) is 10.2 Å². The summed E-state index contributed by atoms with van der Waals surface area (Å²) in [5.41, 5.74) is 5.13. The highest BCUT2D eigenvalue weighted by atomic mass is 32.2. The molecule has 0 fully saturated rings. The Kier molecular flexibility index (Phi) is 2.94. The summed E-state index contributed by atoms with van der Waals surface area (Å²) < 4.78 is 38.5. The van der Waals surface area contributed by atoms with Crippen molar-refractivity contribution in [3.63, 3.8) is 0 Å². The van der Waals surface area contributed by atoms with Gasteiger partial charge >= 0.3 is 0 Å². The van der Waals surface area contributed by atoms with Gasteiger partial charge in [-0.2, -0.15) is 8.42 Å². The lowest BCUT2D eigenvalue weighted by molar-refractivity contribution is 0.596. The van der Waals surface area contributed by atoms with Crippen molar-refractivity contribution in [1.29, 1.82) is 0 Å². The number of nitrogens with two attached hydrogens (primary N) is 1. The molecule has 0 aliphatic rings. The number of anilines is 2. The van der Waals surface area contributed by atoms with Crippen LogP contribution in [0.3, 0.4) is 0 Å². The lowest BCUT2D eigenvalue weighted by Gasteiger charge is -2.05. The number of hydrogen-bond donors (Lipinski definition) is 2. The Hall–Kier alpha value is -1.74. The summed E-state index contributed by atoms with van der Waals surface area (Å²) in [5.74, 6) is -0.673. The Bertz CT molecular complexity index is 640. The van der Waals surface area contributed by atoms with Crippen LogP contribution in [0.25, 0.3) is 0 Å². The number of nitrogens with one attached hydrogen (secondary N) is 1. The molecule has 0 saturated heterocycles. The van der Waals surface area contributed by atoms with Crippen molar-refractivity contribution < 1.29 is 12.8 Å². The first-order chi connectivity index (χ1) is 7.99. The molecule has 1 heterocycles. The molecule has 1 aromatic heterocycles. The Morgan fingerprint density at radius 1 is 1.29 bits per heavy atom. The van der Waals surface area contributed by atoms with Gasteiger partial charge in [0, 0.05) is 0 Å². The molecule has 0 atom stereocenters. The van der Waals surface area contributed by atoms with Gasteiger partial charge in [-0.15, -0.1) is 10.2 Å². The summed E-state index contributed by atoms with van der Waals surface area (Å²) >= 11 is 0.702. The predicted octanol–water partition coefficient (Wildman–Crippen LogP) is 1.06. The third-order valence-corrected chi connectivity index (χ3v) is 4.26. The van der Waals surface area contributed by atoms with E-state index >= 15 is 0 Å². The highest BCUT2D eigenvalue weighted by Crippen LogP contribution is 2.21. The SMILES string of the molecule is Nc1nnc(S(=O)(=O)Nc2ccccc2F)s1. The summed E-state index contributed by atoms with van der Waals surface area (Å²) in [4.78, 5) is 0. The molecule has 0 unspecified atom stereocenters. The van der Waals surface area contributed by atoms with E-state index in [4.69, 9.17) is 5.73 Å². The second kappa shape index (κ2) is 4.26. The number of halogens is 1. The maximum absolute atomic E-state index is 13.3. The number of para-hydroxylation sites is 1. The van der Waals surface area contributed by atoms with Gasteiger partial charge in [0.2, 0.25) is 5.13 Å². The average molecular weight is 274 g/mol. The number of benzene rings is 1. The number of nitrogen functional groups attached to an aromatic ring is 1. The number of sulfonamides is 1. The summed E-state index contributed by atoms with van der Waals surface area (Å²) in [5, 5.41) is 6.79. The number of nitrogens with zero attached hydrogens (tertiary/aromatic N) is 2. The fourth-order valence-electron chi connectivity index (χ4n) is 1.06.